The Labute approximate surface area is 105 Å². The molecule has 1 unspecified atom stereocenters. The minimum absolute atomic E-state index is 0.0190. The van der Waals surface area contributed by atoms with Crippen LogP contribution in [0, 0.1) is 5.82 Å². The molecule has 0 fully saturated rings. The van der Waals surface area contributed by atoms with E-state index >= 15 is 0 Å². The van der Waals surface area contributed by atoms with Gasteiger partial charge in [0.05, 0.1) is 0 Å². The Hall–Kier alpha value is -1.82. The van der Waals surface area contributed by atoms with Gasteiger partial charge in [0.2, 0.25) is 0 Å². The van der Waals surface area contributed by atoms with E-state index in [0.717, 1.165) is 0 Å². The molecule has 0 saturated carbocycles. The molecule has 100 valence electrons. The van der Waals surface area contributed by atoms with Crippen molar-refractivity contribution >= 4 is 6.09 Å². The number of ether oxygens (including phenoxy) is 2. The number of carbonyl (C=O) groups is 1. The van der Waals surface area contributed by atoms with Crippen molar-refractivity contribution in [3.05, 3.63) is 29.6 Å². The molecular weight excluding hydrogens is 239 g/mol. The number of amides is 1. The average molecular weight is 256 g/mol. The highest BCUT2D eigenvalue weighted by Crippen LogP contribution is 2.25. The van der Waals surface area contributed by atoms with E-state index < -0.39 is 12.2 Å². The van der Waals surface area contributed by atoms with Crippen molar-refractivity contribution in [2.75, 3.05) is 6.61 Å². The molecular formula is C12H17FN2O3. The van der Waals surface area contributed by atoms with Gasteiger partial charge in [-0.15, -0.1) is 0 Å². The molecule has 5 nitrogen and oxygen atoms in total. The molecule has 0 heterocycles. The maximum absolute atomic E-state index is 13.1. The van der Waals surface area contributed by atoms with Gasteiger partial charge in [0.1, 0.15) is 24.3 Å². The van der Waals surface area contributed by atoms with Crippen molar-refractivity contribution in [3.63, 3.8) is 0 Å². The van der Waals surface area contributed by atoms with Crippen LogP contribution in [0.3, 0.4) is 0 Å². The Balaban J connectivity index is 2.74. The topological polar surface area (TPSA) is 87.6 Å². The van der Waals surface area contributed by atoms with Crippen LogP contribution in [0.2, 0.25) is 0 Å². The van der Waals surface area contributed by atoms with Crippen LogP contribution >= 0.6 is 0 Å². The van der Waals surface area contributed by atoms with Gasteiger partial charge in [-0.2, -0.15) is 0 Å². The van der Waals surface area contributed by atoms with Crippen molar-refractivity contribution in [2.24, 2.45) is 11.5 Å². The zero-order chi connectivity index (χ0) is 13.7. The van der Waals surface area contributed by atoms with Gasteiger partial charge in [-0.05, 0) is 32.0 Å². The summed E-state index contributed by atoms with van der Waals surface area (Å²) in [5.41, 5.74) is 11.1. The predicted molar refractivity (Wildman–Crippen MR) is 64.6 cm³/mol. The fraction of sp³-hybridized carbons (Fsp3) is 0.417. The van der Waals surface area contributed by atoms with Crippen LogP contribution in [0.1, 0.15) is 25.5 Å². The number of carbonyl (C=O) groups excluding carboxylic acids is 1. The number of benzene rings is 1. The molecule has 1 aromatic rings. The second kappa shape index (κ2) is 6.20. The fourth-order valence-electron chi connectivity index (χ4n) is 1.43. The lowest BCUT2D eigenvalue weighted by Crippen LogP contribution is -2.25. The van der Waals surface area contributed by atoms with Crippen LogP contribution in [0.15, 0.2) is 18.2 Å². The van der Waals surface area contributed by atoms with E-state index in [1.54, 1.807) is 13.8 Å². The number of nitrogens with two attached hydrogens (primary N) is 2. The molecule has 0 spiro atoms. The van der Waals surface area contributed by atoms with Gasteiger partial charge < -0.3 is 20.9 Å². The van der Waals surface area contributed by atoms with E-state index in [1.807, 2.05) is 0 Å². The Morgan fingerprint density at radius 1 is 1.44 bits per heavy atom. The summed E-state index contributed by atoms with van der Waals surface area (Å²) in [6.07, 6.45) is -1.27. The van der Waals surface area contributed by atoms with Gasteiger partial charge in [0.25, 0.3) is 0 Å². The van der Waals surface area contributed by atoms with Crippen LogP contribution in [0.5, 0.6) is 5.75 Å². The van der Waals surface area contributed by atoms with E-state index in [0.29, 0.717) is 11.3 Å². The first-order valence-electron chi connectivity index (χ1n) is 5.54. The van der Waals surface area contributed by atoms with Crippen molar-refractivity contribution < 1.29 is 18.7 Å². The van der Waals surface area contributed by atoms with Gasteiger partial charge in [-0.3, -0.25) is 0 Å². The zero-order valence-corrected chi connectivity index (χ0v) is 10.4. The Morgan fingerprint density at radius 3 is 2.67 bits per heavy atom. The second-order valence-corrected chi connectivity index (χ2v) is 4.03. The van der Waals surface area contributed by atoms with Gasteiger partial charge in [0, 0.05) is 11.6 Å². The Kier molecular flexibility index (Phi) is 4.91. The molecule has 1 rings (SSSR count). The molecule has 0 radical (unpaired) electrons. The van der Waals surface area contributed by atoms with E-state index in [2.05, 4.69) is 4.74 Å². The highest BCUT2D eigenvalue weighted by atomic mass is 19.1. The number of hydrogen-bond donors (Lipinski definition) is 2. The maximum Gasteiger partial charge on any atom is 0.404 e. The largest absolute Gasteiger partial charge is 0.487 e. The Bertz CT molecular complexity index is 424. The zero-order valence-electron chi connectivity index (χ0n) is 10.4. The lowest BCUT2D eigenvalue weighted by molar-refractivity contribution is 0.0956. The lowest BCUT2D eigenvalue weighted by Gasteiger charge is -2.18. The summed E-state index contributed by atoms with van der Waals surface area (Å²) < 4.78 is 23.2. The van der Waals surface area contributed by atoms with E-state index in [1.165, 1.54) is 18.2 Å². The first-order chi connectivity index (χ1) is 8.40. The predicted octanol–water partition coefficient (Wildman–Crippen LogP) is 1.71. The van der Waals surface area contributed by atoms with Gasteiger partial charge in [-0.1, -0.05) is 0 Å². The maximum atomic E-state index is 13.1. The van der Waals surface area contributed by atoms with Crippen molar-refractivity contribution in [1.82, 2.24) is 0 Å². The fourth-order valence-corrected chi connectivity index (χ4v) is 1.43. The van der Waals surface area contributed by atoms with Crippen molar-refractivity contribution in [2.45, 2.75) is 26.0 Å². The molecule has 0 aliphatic heterocycles. The van der Waals surface area contributed by atoms with Crippen LogP contribution in [-0.2, 0) is 4.74 Å². The smallest absolute Gasteiger partial charge is 0.404 e. The van der Waals surface area contributed by atoms with Crippen LogP contribution in [0.25, 0.3) is 0 Å². The first-order valence-corrected chi connectivity index (χ1v) is 5.54. The first kappa shape index (κ1) is 14.2. The van der Waals surface area contributed by atoms with E-state index in [4.69, 9.17) is 16.2 Å². The Morgan fingerprint density at radius 2 is 2.11 bits per heavy atom. The summed E-state index contributed by atoms with van der Waals surface area (Å²) in [4.78, 5) is 10.5. The van der Waals surface area contributed by atoms with E-state index in [9.17, 15) is 9.18 Å². The third kappa shape index (κ3) is 4.21. The molecule has 0 aliphatic carbocycles. The molecule has 0 bridgehead atoms. The number of hydrogen-bond acceptors (Lipinski definition) is 4. The average Bonchev–Trinajstić information content (AvgIpc) is 2.28. The second-order valence-electron chi connectivity index (χ2n) is 4.03. The highest BCUT2D eigenvalue weighted by Gasteiger charge is 2.13. The molecule has 2 atom stereocenters. The SMILES string of the molecule is CC(COC(N)=O)Oc1ccc(F)cc1[C@@H](C)N. The normalized spacial score (nSPS) is 13.8. The number of halogens is 1. The minimum Gasteiger partial charge on any atom is -0.487 e. The van der Waals surface area contributed by atoms with Gasteiger partial charge >= 0.3 is 6.09 Å². The van der Waals surface area contributed by atoms with Gasteiger partial charge in [-0.25, -0.2) is 9.18 Å². The number of primary amides is 1. The summed E-state index contributed by atoms with van der Waals surface area (Å²) in [7, 11) is 0. The van der Waals surface area contributed by atoms with Crippen molar-refractivity contribution in [3.8, 4) is 5.75 Å². The summed E-state index contributed by atoms with van der Waals surface area (Å²) in [6, 6.07) is 3.74. The molecule has 0 aromatic heterocycles. The molecule has 1 amide bonds. The molecule has 6 heteroatoms. The molecule has 18 heavy (non-hydrogen) atoms. The number of rotatable bonds is 5. The van der Waals surface area contributed by atoms with E-state index in [-0.39, 0.29) is 18.5 Å². The minimum atomic E-state index is -0.864. The molecule has 0 saturated heterocycles. The third-order valence-electron chi connectivity index (χ3n) is 2.25. The summed E-state index contributed by atoms with van der Waals surface area (Å²) in [6.45, 7) is 3.45. The van der Waals surface area contributed by atoms with Crippen LogP contribution in [0.4, 0.5) is 9.18 Å². The van der Waals surface area contributed by atoms with Crippen LogP contribution in [-0.4, -0.2) is 18.8 Å². The lowest BCUT2D eigenvalue weighted by atomic mass is 10.1. The molecule has 1 aromatic carbocycles. The molecule has 0 aliphatic rings. The monoisotopic (exact) mass is 256 g/mol. The quantitative estimate of drug-likeness (QED) is 0.839. The van der Waals surface area contributed by atoms with Crippen molar-refractivity contribution in [1.29, 1.82) is 0 Å². The summed E-state index contributed by atoms with van der Waals surface area (Å²) in [5, 5.41) is 0. The van der Waals surface area contributed by atoms with Crippen LogP contribution < -0.4 is 16.2 Å². The summed E-state index contributed by atoms with van der Waals surface area (Å²) >= 11 is 0. The summed E-state index contributed by atoms with van der Waals surface area (Å²) in [5.74, 6) is 0.0858. The molecule has 4 N–H and O–H groups in total. The standard InChI is InChI=1S/C12H17FN2O3/c1-7(6-17-12(15)16)18-11-4-3-9(13)5-10(11)8(2)14/h3-5,7-8H,6,14H2,1-2H3,(H2,15,16)/t7?,8-/m1/s1. The highest BCUT2D eigenvalue weighted by molar-refractivity contribution is 5.64. The third-order valence-corrected chi connectivity index (χ3v) is 2.25. The van der Waals surface area contributed by atoms with Gasteiger partial charge in [0.15, 0.2) is 0 Å².